The third kappa shape index (κ3) is 5.41. The number of hydrogen-bond donors (Lipinski definition) is 1. The minimum absolute atomic E-state index is 0.434. The Hall–Kier alpha value is -4.07. The molecular formula is C25H27N3O5. The monoisotopic (exact) mass is 449 g/mol. The van der Waals surface area contributed by atoms with E-state index in [2.05, 4.69) is 5.32 Å². The van der Waals surface area contributed by atoms with Gasteiger partial charge < -0.3 is 19.5 Å². The van der Waals surface area contributed by atoms with Crippen LogP contribution in [0.2, 0.25) is 0 Å². The van der Waals surface area contributed by atoms with Crippen molar-refractivity contribution in [2.75, 3.05) is 21.3 Å². The number of carbonyl (C=O) groups excluding carboxylic acids is 2. The average Bonchev–Trinajstić information content (AvgIpc) is 3.26. The van der Waals surface area contributed by atoms with Gasteiger partial charge in [0.1, 0.15) is 11.2 Å². The molecule has 8 nitrogen and oxygen atoms in total. The molecule has 0 fully saturated rings. The molecule has 3 aromatic rings. The zero-order valence-electron chi connectivity index (χ0n) is 19.3. The predicted molar refractivity (Wildman–Crippen MR) is 125 cm³/mol. The number of para-hydroxylation sites is 1. The van der Waals surface area contributed by atoms with E-state index < -0.39 is 17.4 Å². The van der Waals surface area contributed by atoms with Gasteiger partial charge in [-0.05, 0) is 50.3 Å². The summed E-state index contributed by atoms with van der Waals surface area (Å²) in [4.78, 5) is 24.4. The number of nitrogens with zero attached hydrogens (tertiary/aromatic N) is 2. The lowest BCUT2D eigenvalue weighted by atomic mass is 10.1. The summed E-state index contributed by atoms with van der Waals surface area (Å²) in [7, 11) is 4.42. The van der Waals surface area contributed by atoms with E-state index in [-0.39, 0.29) is 0 Å². The van der Waals surface area contributed by atoms with Crippen molar-refractivity contribution in [2.45, 2.75) is 19.4 Å². The molecule has 2 aromatic carbocycles. The standard InChI is InChI=1S/C25H27N3O5/c1-25(2,24(30)33-5)26-22(29)14-12-18-16-28(19-9-7-6-8-10-19)27-23(18)17-11-13-20(31-3)21(15-17)32-4/h6-16H,1-5H3,(H,26,29)/b14-12+. The van der Waals surface area contributed by atoms with Crippen molar-refractivity contribution in [3.63, 3.8) is 0 Å². The molecule has 1 amide bonds. The molecule has 1 aromatic heterocycles. The average molecular weight is 450 g/mol. The van der Waals surface area contributed by atoms with E-state index >= 15 is 0 Å². The number of esters is 1. The number of benzene rings is 2. The van der Waals surface area contributed by atoms with Crippen LogP contribution >= 0.6 is 0 Å². The Labute approximate surface area is 192 Å². The summed E-state index contributed by atoms with van der Waals surface area (Å²) in [5.74, 6) is 0.199. The largest absolute Gasteiger partial charge is 0.493 e. The second kappa shape index (κ2) is 10.0. The number of carbonyl (C=O) groups is 2. The smallest absolute Gasteiger partial charge is 0.330 e. The van der Waals surface area contributed by atoms with Gasteiger partial charge >= 0.3 is 5.97 Å². The van der Waals surface area contributed by atoms with Crippen molar-refractivity contribution in [1.29, 1.82) is 0 Å². The van der Waals surface area contributed by atoms with Crippen molar-refractivity contribution >= 4 is 18.0 Å². The van der Waals surface area contributed by atoms with Crippen LogP contribution in [0.1, 0.15) is 19.4 Å². The van der Waals surface area contributed by atoms with E-state index in [1.807, 2.05) is 48.7 Å². The third-order valence-corrected chi connectivity index (χ3v) is 4.97. The quantitative estimate of drug-likeness (QED) is 0.417. The molecule has 0 aliphatic carbocycles. The Bertz CT molecular complexity index is 1170. The third-order valence-electron chi connectivity index (χ3n) is 4.97. The van der Waals surface area contributed by atoms with Gasteiger partial charge in [-0.25, -0.2) is 9.48 Å². The van der Waals surface area contributed by atoms with Crippen LogP contribution in [0, 0.1) is 0 Å². The SMILES string of the molecule is COC(=O)C(C)(C)NC(=O)/C=C/c1cn(-c2ccccc2)nc1-c1ccc(OC)c(OC)c1. The molecule has 0 atom stereocenters. The molecule has 0 spiro atoms. The molecule has 0 aliphatic rings. The van der Waals surface area contributed by atoms with Crippen LogP contribution in [0.4, 0.5) is 0 Å². The lowest BCUT2D eigenvalue weighted by molar-refractivity contribution is -0.148. The summed E-state index contributed by atoms with van der Waals surface area (Å²) in [5.41, 5.74) is 1.86. The maximum Gasteiger partial charge on any atom is 0.330 e. The maximum absolute atomic E-state index is 12.5. The van der Waals surface area contributed by atoms with Gasteiger partial charge in [0.15, 0.2) is 11.5 Å². The lowest BCUT2D eigenvalue weighted by Gasteiger charge is -2.22. The molecule has 33 heavy (non-hydrogen) atoms. The van der Waals surface area contributed by atoms with E-state index in [1.54, 1.807) is 44.9 Å². The van der Waals surface area contributed by atoms with Gasteiger partial charge in [-0.2, -0.15) is 5.10 Å². The Morgan fingerprint density at radius 2 is 1.70 bits per heavy atom. The topological polar surface area (TPSA) is 91.7 Å². The van der Waals surface area contributed by atoms with Crippen molar-refractivity contribution in [3.05, 3.63) is 66.4 Å². The van der Waals surface area contributed by atoms with Gasteiger partial charge in [0.05, 0.1) is 27.0 Å². The normalized spacial score (nSPS) is 11.3. The zero-order valence-corrected chi connectivity index (χ0v) is 19.3. The van der Waals surface area contributed by atoms with Crippen molar-refractivity contribution in [3.8, 4) is 28.4 Å². The Morgan fingerprint density at radius 1 is 1.00 bits per heavy atom. The second-order valence-electron chi connectivity index (χ2n) is 7.72. The summed E-state index contributed by atoms with van der Waals surface area (Å²) >= 11 is 0. The highest BCUT2D eigenvalue weighted by Gasteiger charge is 2.29. The molecule has 8 heteroatoms. The first-order valence-corrected chi connectivity index (χ1v) is 10.2. The summed E-state index contributed by atoms with van der Waals surface area (Å²) in [6, 6.07) is 15.1. The Morgan fingerprint density at radius 3 is 2.33 bits per heavy atom. The summed E-state index contributed by atoms with van der Waals surface area (Å²) in [6.07, 6.45) is 4.85. The zero-order chi connectivity index (χ0) is 24.0. The highest BCUT2D eigenvalue weighted by molar-refractivity contribution is 5.96. The molecule has 0 unspecified atom stereocenters. The maximum atomic E-state index is 12.5. The number of aromatic nitrogens is 2. The van der Waals surface area contributed by atoms with Gasteiger partial charge in [-0.3, -0.25) is 4.79 Å². The molecule has 1 N–H and O–H groups in total. The number of nitrogens with one attached hydrogen (secondary N) is 1. The second-order valence-corrected chi connectivity index (χ2v) is 7.72. The molecule has 1 heterocycles. The van der Waals surface area contributed by atoms with Gasteiger partial charge in [-0.15, -0.1) is 0 Å². The minimum Gasteiger partial charge on any atom is -0.493 e. The highest BCUT2D eigenvalue weighted by Crippen LogP contribution is 2.33. The summed E-state index contributed by atoms with van der Waals surface area (Å²) in [5, 5.41) is 7.38. The number of ether oxygens (including phenoxy) is 3. The summed E-state index contributed by atoms with van der Waals surface area (Å²) in [6.45, 7) is 3.15. The molecule has 0 bridgehead atoms. The molecule has 0 aliphatic heterocycles. The number of amides is 1. The van der Waals surface area contributed by atoms with E-state index in [9.17, 15) is 9.59 Å². The van der Waals surface area contributed by atoms with Crippen molar-refractivity contribution in [1.82, 2.24) is 15.1 Å². The van der Waals surface area contributed by atoms with Gasteiger partial charge in [0, 0.05) is 23.4 Å². The number of methoxy groups -OCH3 is 3. The Balaban J connectivity index is 2.00. The predicted octanol–water partition coefficient (Wildman–Crippen LogP) is 3.64. The van der Waals surface area contributed by atoms with Crippen LogP contribution in [-0.4, -0.2) is 48.5 Å². The van der Waals surface area contributed by atoms with Crippen LogP contribution in [0.15, 0.2) is 60.8 Å². The van der Waals surface area contributed by atoms with Crippen molar-refractivity contribution < 1.29 is 23.8 Å². The Kier molecular flexibility index (Phi) is 7.17. The van der Waals surface area contributed by atoms with Gasteiger partial charge in [0.25, 0.3) is 0 Å². The molecule has 3 rings (SSSR count). The van der Waals surface area contributed by atoms with E-state index in [0.29, 0.717) is 22.8 Å². The first kappa shape index (κ1) is 23.6. The van der Waals surface area contributed by atoms with Crippen LogP contribution in [0.3, 0.4) is 0 Å². The van der Waals surface area contributed by atoms with Crippen LogP contribution in [0.25, 0.3) is 23.0 Å². The van der Waals surface area contributed by atoms with E-state index in [4.69, 9.17) is 19.3 Å². The highest BCUT2D eigenvalue weighted by atomic mass is 16.5. The molecule has 0 saturated carbocycles. The van der Waals surface area contributed by atoms with Gasteiger partial charge in [-0.1, -0.05) is 18.2 Å². The number of hydrogen-bond acceptors (Lipinski definition) is 6. The van der Waals surface area contributed by atoms with Crippen LogP contribution < -0.4 is 14.8 Å². The van der Waals surface area contributed by atoms with Crippen molar-refractivity contribution in [2.24, 2.45) is 0 Å². The molecule has 0 radical (unpaired) electrons. The minimum atomic E-state index is -1.16. The number of rotatable bonds is 8. The fraction of sp³-hybridized carbons (Fsp3) is 0.240. The molecule has 0 saturated heterocycles. The molecular weight excluding hydrogens is 422 g/mol. The van der Waals surface area contributed by atoms with Crippen LogP contribution in [0.5, 0.6) is 11.5 Å². The van der Waals surface area contributed by atoms with E-state index in [0.717, 1.165) is 11.3 Å². The fourth-order valence-electron chi connectivity index (χ4n) is 3.25. The summed E-state index contributed by atoms with van der Waals surface area (Å²) < 4.78 is 17.2. The fourth-order valence-corrected chi connectivity index (χ4v) is 3.25. The lowest BCUT2D eigenvalue weighted by Crippen LogP contribution is -2.49. The first-order chi connectivity index (χ1) is 15.8. The first-order valence-electron chi connectivity index (χ1n) is 10.2. The van der Waals surface area contributed by atoms with Gasteiger partial charge in [0.2, 0.25) is 5.91 Å². The molecule has 172 valence electrons. The van der Waals surface area contributed by atoms with Crippen LogP contribution in [-0.2, 0) is 14.3 Å². The van der Waals surface area contributed by atoms with E-state index in [1.165, 1.54) is 13.2 Å².